The van der Waals surface area contributed by atoms with Crippen molar-refractivity contribution in [1.82, 2.24) is 24.3 Å². The highest BCUT2D eigenvalue weighted by atomic mass is 19.1. The Hall–Kier alpha value is -3.67. The van der Waals surface area contributed by atoms with E-state index in [1.54, 1.807) is 19.2 Å². The maximum Gasteiger partial charge on any atom is 0.144 e. The number of hydrogen-bond donors (Lipinski definition) is 0. The van der Waals surface area contributed by atoms with Crippen molar-refractivity contribution in [3.05, 3.63) is 78.5 Å². The van der Waals surface area contributed by atoms with Crippen molar-refractivity contribution in [2.45, 2.75) is 6.92 Å². The number of halogens is 1. The Kier molecular flexibility index (Phi) is 3.43. The molecule has 0 amide bonds. The fourth-order valence-electron chi connectivity index (χ4n) is 3.18. The zero-order valence-electron chi connectivity index (χ0n) is 14.5. The minimum Gasteiger partial charge on any atom is -0.298 e. The van der Waals surface area contributed by atoms with Crippen LogP contribution in [0.15, 0.2) is 67.0 Å². The Labute approximate surface area is 154 Å². The standard InChI is InChI=1S/C21H14FN5/c1-13-14(22)7-8-17(24-13)20-21(27-12-3-2-6-19(27)26-20)18-10-9-15-16(25-18)5-4-11-23-15/h2-12H,1H3. The van der Waals surface area contributed by atoms with Crippen LogP contribution in [0.3, 0.4) is 0 Å². The number of fused-ring (bicyclic) bond motifs is 2. The Morgan fingerprint density at radius 2 is 1.70 bits per heavy atom. The minimum absolute atomic E-state index is 0.334. The molecule has 5 heterocycles. The van der Waals surface area contributed by atoms with Crippen molar-refractivity contribution >= 4 is 16.7 Å². The van der Waals surface area contributed by atoms with Gasteiger partial charge in [-0.1, -0.05) is 6.07 Å². The monoisotopic (exact) mass is 355 g/mol. The lowest BCUT2D eigenvalue weighted by Crippen LogP contribution is -1.96. The fraction of sp³-hybridized carbons (Fsp3) is 0.0476. The molecule has 5 aromatic rings. The first-order chi connectivity index (χ1) is 13.2. The Morgan fingerprint density at radius 3 is 2.59 bits per heavy atom. The number of pyridine rings is 4. The van der Waals surface area contributed by atoms with Crippen molar-refractivity contribution in [2.24, 2.45) is 0 Å². The van der Waals surface area contributed by atoms with Gasteiger partial charge < -0.3 is 0 Å². The van der Waals surface area contributed by atoms with E-state index in [1.807, 2.05) is 53.1 Å². The number of aryl methyl sites for hydroxylation is 1. The molecule has 0 unspecified atom stereocenters. The van der Waals surface area contributed by atoms with Crippen molar-refractivity contribution in [3.63, 3.8) is 0 Å². The van der Waals surface area contributed by atoms with Crippen LogP contribution in [0.25, 0.3) is 39.5 Å². The third-order valence-corrected chi connectivity index (χ3v) is 4.49. The predicted molar refractivity (Wildman–Crippen MR) is 102 cm³/mol. The Morgan fingerprint density at radius 1 is 0.815 bits per heavy atom. The summed E-state index contributed by atoms with van der Waals surface area (Å²) in [4.78, 5) is 18.2. The quantitative estimate of drug-likeness (QED) is 0.469. The molecule has 0 saturated heterocycles. The van der Waals surface area contributed by atoms with Crippen LogP contribution < -0.4 is 0 Å². The van der Waals surface area contributed by atoms with Crippen molar-refractivity contribution in [2.75, 3.05) is 0 Å². The van der Waals surface area contributed by atoms with Crippen LogP contribution in [0.5, 0.6) is 0 Å². The van der Waals surface area contributed by atoms with Crippen LogP contribution in [0, 0.1) is 12.7 Å². The van der Waals surface area contributed by atoms with Crippen LogP contribution in [0.1, 0.15) is 5.69 Å². The lowest BCUT2D eigenvalue weighted by atomic mass is 10.1. The molecule has 130 valence electrons. The van der Waals surface area contributed by atoms with Gasteiger partial charge in [0.1, 0.15) is 22.9 Å². The largest absolute Gasteiger partial charge is 0.298 e. The number of aromatic nitrogens is 5. The van der Waals surface area contributed by atoms with Crippen LogP contribution in [-0.4, -0.2) is 24.3 Å². The zero-order chi connectivity index (χ0) is 18.4. The van der Waals surface area contributed by atoms with Crippen LogP contribution >= 0.6 is 0 Å². The number of rotatable bonds is 2. The number of nitrogens with zero attached hydrogens (tertiary/aromatic N) is 5. The molecule has 0 spiro atoms. The summed E-state index contributed by atoms with van der Waals surface area (Å²) >= 11 is 0. The molecule has 0 atom stereocenters. The molecule has 6 heteroatoms. The first-order valence-corrected chi connectivity index (χ1v) is 8.53. The number of hydrogen-bond acceptors (Lipinski definition) is 4. The van der Waals surface area contributed by atoms with E-state index < -0.39 is 0 Å². The molecule has 5 rings (SSSR count). The highest BCUT2D eigenvalue weighted by Gasteiger charge is 2.19. The second-order valence-electron chi connectivity index (χ2n) is 6.24. The SMILES string of the molecule is Cc1nc(-c2nc3ccccn3c2-c2ccc3ncccc3n2)ccc1F. The third-order valence-electron chi connectivity index (χ3n) is 4.49. The van der Waals surface area contributed by atoms with E-state index >= 15 is 0 Å². The minimum atomic E-state index is -0.334. The molecule has 0 saturated carbocycles. The molecule has 5 aromatic heterocycles. The van der Waals surface area contributed by atoms with Gasteiger partial charge in [-0.25, -0.2) is 19.3 Å². The lowest BCUT2D eigenvalue weighted by molar-refractivity contribution is 0.610. The van der Waals surface area contributed by atoms with Gasteiger partial charge in [-0.05, 0) is 55.5 Å². The first kappa shape index (κ1) is 15.6. The van der Waals surface area contributed by atoms with Gasteiger partial charge in [0, 0.05) is 12.4 Å². The molecule has 5 nitrogen and oxygen atoms in total. The summed E-state index contributed by atoms with van der Waals surface area (Å²) in [5.74, 6) is -0.334. The van der Waals surface area contributed by atoms with E-state index in [4.69, 9.17) is 9.97 Å². The second-order valence-corrected chi connectivity index (χ2v) is 6.24. The topological polar surface area (TPSA) is 56.0 Å². The normalized spacial score (nSPS) is 11.3. The molecule has 0 aromatic carbocycles. The van der Waals surface area contributed by atoms with E-state index in [-0.39, 0.29) is 5.82 Å². The van der Waals surface area contributed by atoms with Gasteiger partial charge in [0.2, 0.25) is 0 Å². The average molecular weight is 355 g/mol. The highest BCUT2D eigenvalue weighted by Crippen LogP contribution is 2.31. The molecule has 0 aliphatic heterocycles. The van der Waals surface area contributed by atoms with Crippen molar-refractivity contribution in [3.8, 4) is 22.8 Å². The van der Waals surface area contributed by atoms with Gasteiger partial charge in [-0.15, -0.1) is 0 Å². The van der Waals surface area contributed by atoms with Crippen molar-refractivity contribution < 1.29 is 4.39 Å². The molecule has 0 fully saturated rings. The number of imidazole rings is 1. The van der Waals surface area contributed by atoms with Crippen LogP contribution in [0.4, 0.5) is 4.39 Å². The lowest BCUT2D eigenvalue weighted by Gasteiger charge is -2.06. The van der Waals surface area contributed by atoms with E-state index in [0.717, 1.165) is 28.1 Å². The van der Waals surface area contributed by atoms with Gasteiger partial charge in [0.05, 0.1) is 28.1 Å². The second kappa shape index (κ2) is 5.95. The molecule has 0 aliphatic carbocycles. The first-order valence-electron chi connectivity index (χ1n) is 8.53. The smallest absolute Gasteiger partial charge is 0.144 e. The summed E-state index contributed by atoms with van der Waals surface area (Å²) in [5, 5.41) is 0. The van der Waals surface area contributed by atoms with Crippen molar-refractivity contribution in [1.29, 1.82) is 0 Å². The summed E-state index contributed by atoms with van der Waals surface area (Å²) in [5.41, 5.74) is 5.59. The van der Waals surface area contributed by atoms with Crippen LogP contribution in [0.2, 0.25) is 0 Å². The van der Waals surface area contributed by atoms with E-state index in [1.165, 1.54) is 6.07 Å². The molecule has 0 bridgehead atoms. The van der Waals surface area contributed by atoms with Crippen LogP contribution in [-0.2, 0) is 0 Å². The van der Waals surface area contributed by atoms with Gasteiger partial charge in [-0.2, -0.15) is 0 Å². The summed E-state index contributed by atoms with van der Waals surface area (Å²) in [7, 11) is 0. The molecule has 0 radical (unpaired) electrons. The maximum absolute atomic E-state index is 13.7. The molecule has 27 heavy (non-hydrogen) atoms. The molecular formula is C21H14FN5. The summed E-state index contributed by atoms with van der Waals surface area (Å²) in [6, 6.07) is 16.5. The highest BCUT2D eigenvalue weighted by molar-refractivity contribution is 5.83. The van der Waals surface area contributed by atoms with E-state index in [9.17, 15) is 4.39 Å². The Bertz CT molecular complexity index is 1310. The summed E-state index contributed by atoms with van der Waals surface area (Å²) < 4.78 is 15.7. The average Bonchev–Trinajstić information content (AvgIpc) is 3.09. The summed E-state index contributed by atoms with van der Waals surface area (Å²) in [6.45, 7) is 1.65. The van der Waals surface area contributed by atoms with Gasteiger partial charge in [-0.3, -0.25) is 9.38 Å². The van der Waals surface area contributed by atoms with E-state index in [0.29, 0.717) is 17.1 Å². The summed E-state index contributed by atoms with van der Waals surface area (Å²) in [6.07, 6.45) is 3.68. The molecule has 0 aliphatic rings. The Balaban J connectivity index is 1.82. The zero-order valence-corrected chi connectivity index (χ0v) is 14.5. The predicted octanol–water partition coefficient (Wildman–Crippen LogP) is 4.45. The third kappa shape index (κ3) is 2.54. The van der Waals surface area contributed by atoms with E-state index in [2.05, 4.69) is 9.97 Å². The fourth-order valence-corrected chi connectivity index (χ4v) is 3.18. The van der Waals surface area contributed by atoms with Gasteiger partial charge in [0.15, 0.2) is 0 Å². The van der Waals surface area contributed by atoms with Gasteiger partial charge in [0.25, 0.3) is 0 Å². The molecular weight excluding hydrogens is 341 g/mol. The maximum atomic E-state index is 13.7. The molecule has 0 N–H and O–H groups in total. The van der Waals surface area contributed by atoms with Gasteiger partial charge >= 0.3 is 0 Å².